The van der Waals surface area contributed by atoms with Crippen LogP contribution in [-0.2, 0) is 24.7 Å². The highest BCUT2D eigenvalue weighted by atomic mass is 17.3. The van der Waals surface area contributed by atoms with E-state index < -0.39 is 6.16 Å². The maximum atomic E-state index is 9.53. The van der Waals surface area contributed by atoms with Crippen LogP contribution in [0.25, 0.3) is 0 Å². The van der Waals surface area contributed by atoms with Crippen molar-refractivity contribution in [2.45, 2.75) is 0 Å². The second kappa shape index (κ2) is 3.88. The fourth-order valence-corrected chi connectivity index (χ4v) is 0.0728. The van der Waals surface area contributed by atoms with Crippen molar-refractivity contribution >= 4 is 12.6 Å². The van der Waals surface area contributed by atoms with E-state index in [1.807, 2.05) is 0 Å². The SMILES string of the molecule is [O]OC(=O)OOC=O. The highest BCUT2D eigenvalue weighted by molar-refractivity contribution is 5.58. The molecule has 6 heteroatoms. The van der Waals surface area contributed by atoms with E-state index in [0.717, 1.165) is 0 Å². The third-order valence-electron chi connectivity index (χ3n) is 0.223. The lowest BCUT2D eigenvalue weighted by Crippen LogP contribution is -2.02. The fraction of sp³-hybridized carbons (Fsp3) is 0. The van der Waals surface area contributed by atoms with Gasteiger partial charge in [-0.15, -0.1) is 0 Å². The number of rotatable bonds is 2. The Kier molecular flexibility index (Phi) is 3.25. The van der Waals surface area contributed by atoms with Crippen molar-refractivity contribution in [2.24, 2.45) is 0 Å². The number of hydrogen-bond acceptors (Lipinski definition) is 5. The van der Waals surface area contributed by atoms with Gasteiger partial charge in [-0.25, -0.2) is 14.7 Å². The molecule has 0 unspecified atom stereocenters. The lowest BCUT2D eigenvalue weighted by atomic mass is 11.4. The highest BCUT2D eigenvalue weighted by Crippen LogP contribution is 1.79. The van der Waals surface area contributed by atoms with Gasteiger partial charge in [0.15, 0.2) is 0 Å². The molecule has 0 atom stereocenters. The third kappa shape index (κ3) is 2.91. The molecule has 0 aromatic carbocycles. The summed E-state index contributed by atoms with van der Waals surface area (Å²) in [5.74, 6) is 0. The van der Waals surface area contributed by atoms with Crippen molar-refractivity contribution in [1.29, 1.82) is 0 Å². The minimum atomic E-state index is -1.61. The molecule has 6 nitrogen and oxygen atoms in total. The summed E-state index contributed by atoms with van der Waals surface area (Å²) in [6.07, 6.45) is -1.61. The third-order valence-corrected chi connectivity index (χ3v) is 0.223. The van der Waals surface area contributed by atoms with Crippen LogP contribution in [0.15, 0.2) is 0 Å². The molecule has 0 aromatic rings. The number of carbonyl (C=O) groups is 2. The molecule has 0 aliphatic rings. The molecule has 1 radical (unpaired) electrons. The van der Waals surface area contributed by atoms with Crippen molar-refractivity contribution in [3.63, 3.8) is 0 Å². The zero-order chi connectivity index (χ0) is 6.41. The van der Waals surface area contributed by atoms with Crippen LogP contribution in [0.5, 0.6) is 0 Å². The standard InChI is InChI=1S/C2HO6/c3-1-6-8-2(4)7-5/h1H. The Hall–Kier alpha value is -1.30. The predicted molar refractivity (Wildman–Crippen MR) is 15.4 cm³/mol. The fourth-order valence-electron chi connectivity index (χ4n) is 0.0728. The second-order valence-electron chi connectivity index (χ2n) is 0.609. The van der Waals surface area contributed by atoms with Gasteiger partial charge < -0.3 is 0 Å². The molecule has 0 spiro atoms. The molecule has 0 bridgehead atoms. The Morgan fingerprint density at radius 1 is 1.50 bits per heavy atom. The first-order valence-electron chi connectivity index (χ1n) is 1.42. The van der Waals surface area contributed by atoms with Gasteiger partial charge in [0.2, 0.25) is 0 Å². The van der Waals surface area contributed by atoms with Gasteiger partial charge in [0, 0.05) is 5.26 Å². The van der Waals surface area contributed by atoms with Gasteiger partial charge in [-0.1, -0.05) is 0 Å². The minimum Gasteiger partial charge on any atom is -0.251 e. The van der Waals surface area contributed by atoms with Crippen molar-refractivity contribution in [1.82, 2.24) is 0 Å². The van der Waals surface area contributed by atoms with Crippen LogP contribution < -0.4 is 0 Å². The first-order valence-corrected chi connectivity index (χ1v) is 1.42. The molecule has 0 aromatic heterocycles. The van der Waals surface area contributed by atoms with Gasteiger partial charge >= 0.3 is 12.6 Å². The molecule has 8 heavy (non-hydrogen) atoms. The van der Waals surface area contributed by atoms with Crippen LogP contribution >= 0.6 is 0 Å². The van der Waals surface area contributed by atoms with E-state index in [1.165, 1.54) is 0 Å². The lowest BCUT2D eigenvalue weighted by Gasteiger charge is -1.88. The van der Waals surface area contributed by atoms with E-state index in [-0.39, 0.29) is 6.47 Å². The van der Waals surface area contributed by atoms with E-state index in [4.69, 9.17) is 10.1 Å². The molecule has 0 aliphatic carbocycles. The van der Waals surface area contributed by atoms with E-state index >= 15 is 0 Å². The van der Waals surface area contributed by atoms with Crippen molar-refractivity contribution in [3.05, 3.63) is 0 Å². The summed E-state index contributed by atoms with van der Waals surface area (Å²) in [5.41, 5.74) is 0. The molecule has 45 valence electrons. The zero-order valence-electron chi connectivity index (χ0n) is 3.53. The summed E-state index contributed by atoms with van der Waals surface area (Å²) in [4.78, 5) is 28.0. The van der Waals surface area contributed by atoms with E-state index in [1.54, 1.807) is 0 Å². The summed E-state index contributed by atoms with van der Waals surface area (Å²) in [5, 5.41) is 8.97. The van der Waals surface area contributed by atoms with Gasteiger partial charge in [-0.05, 0) is 0 Å². The highest BCUT2D eigenvalue weighted by Gasteiger charge is 2.02. The zero-order valence-corrected chi connectivity index (χ0v) is 3.53. The Labute approximate surface area is 43.4 Å². The molecule has 0 rings (SSSR count). The minimum absolute atomic E-state index is 0.170. The molecule has 0 fully saturated rings. The summed E-state index contributed by atoms with van der Waals surface area (Å²) >= 11 is 0. The van der Waals surface area contributed by atoms with Crippen molar-refractivity contribution in [2.75, 3.05) is 0 Å². The van der Waals surface area contributed by atoms with Gasteiger partial charge in [0.25, 0.3) is 0 Å². The Bertz CT molecular complexity index is 86.5. The Morgan fingerprint density at radius 3 is 2.50 bits per heavy atom. The molecular weight excluding hydrogens is 120 g/mol. The molecule has 0 saturated carbocycles. The Morgan fingerprint density at radius 2 is 2.12 bits per heavy atom. The first kappa shape index (κ1) is 6.70. The summed E-state index contributed by atoms with van der Waals surface area (Å²) in [7, 11) is 0. The van der Waals surface area contributed by atoms with Crippen molar-refractivity contribution in [3.8, 4) is 0 Å². The molecular formula is C2HO6. The van der Waals surface area contributed by atoms with Crippen LogP contribution in [0.3, 0.4) is 0 Å². The topological polar surface area (TPSA) is 81.7 Å². The summed E-state index contributed by atoms with van der Waals surface area (Å²) in [6.45, 7) is -0.170. The van der Waals surface area contributed by atoms with E-state index in [2.05, 4.69) is 14.7 Å². The van der Waals surface area contributed by atoms with Gasteiger partial charge in [0.1, 0.15) is 0 Å². The predicted octanol–water partition coefficient (Wildman–Crippen LogP) is -0.427. The number of carbonyl (C=O) groups excluding carboxylic acids is 2. The van der Waals surface area contributed by atoms with Crippen LogP contribution in [0.2, 0.25) is 0 Å². The van der Waals surface area contributed by atoms with Crippen LogP contribution in [0, 0.1) is 0 Å². The maximum Gasteiger partial charge on any atom is 0.584 e. The van der Waals surface area contributed by atoms with Crippen LogP contribution in [-0.4, -0.2) is 12.6 Å². The van der Waals surface area contributed by atoms with Crippen LogP contribution in [0.1, 0.15) is 0 Å². The van der Waals surface area contributed by atoms with Crippen LogP contribution in [0.4, 0.5) is 4.79 Å². The maximum absolute atomic E-state index is 9.53. The van der Waals surface area contributed by atoms with E-state index in [0.29, 0.717) is 0 Å². The normalized spacial score (nSPS) is 7.12. The van der Waals surface area contributed by atoms with Crippen molar-refractivity contribution < 1.29 is 29.5 Å². The summed E-state index contributed by atoms with van der Waals surface area (Å²) < 4.78 is 0. The smallest absolute Gasteiger partial charge is 0.251 e. The molecule has 0 heterocycles. The average Bonchev–Trinajstić information content (AvgIpc) is 1.83. The average molecular weight is 121 g/mol. The first-order chi connectivity index (χ1) is 3.81. The van der Waals surface area contributed by atoms with Gasteiger partial charge in [-0.3, -0.25) is 4.79 Å². The number of hydrogen-bond donors (Lipinski definition) is 0. The molecule has 0 saturated heterocycles. The molecule has 0 amide bonds. The molecule has 0 N–H and O–H groups in total. The quantitative estimate of drug-likeness (QED) is 0.281. The van der Waals surface area contributed by atoms with Gasteiger partial charge in [0.05, 0.1) is 0 Å². The largest absolute Gasteiger partial charge is 0.584 e. The Balaban J connectivity index is 3.11. The molecule has 0 aliphatic heterocycles. The lowest BCUT2D eigenvalue weighted by molar-refractivity contribution is -0.307. The van der Waals surface area contributed by atoms with Gasteiger partial charge in [-0.2, -0.15) is 4.79 Å². The van der Waals surface area contributed by atoms with E-state index in [9.17, 15) is 4.79 Å². The summed E-state index contributed by atoms with van der Waals surface area (Å²) in [6, 6.07) is 0. The monoisotopic (exact) mass is 121 g/mol. The second-order valence-corrected chi connectivity index (χ2v) is 0.609.